The SMILES string of the molecule is Cn1c(C(F)(F)F)csc1=[N]. The van der Waals surface area contributed by atoms with Crippen LogP contribution in [0.4, 0.5) is 13.2 Å². The fraction of sp³-hybridized carbons (Fsp3) is 0.400. The van der Waals surface area contributed by atoms with Crippen molar-refractivity contribution in [3.05, 3.63) is 15.9 Å². The highest BCUT2D eigenvalue weighted by molar-refractivity contribution is 7.07. The summed E-state index contributed by atoms with van der Waals surface area (Å²) in [4.78, 5) is -0.350. The summed E-state index contributed by atoms with van der Waals surface area (Å²) in [5, 5.41) is 9.66. The van der Waals surface area contributed by atoms with Crippen molar-refractivity contribution in [1.82, 2.24) is 9.98 Å². The van der Waals surface area contributed by atoms with Crippen molar-refractivity contribution in [1.29, 1.82) is 0 Å². The van der Waals surface area contributed by atoms with Gasteiger partial charge in [-0.2, -0.15) is 13.2 Å². The number of hydrogen-bond acceptors (Lipinski definition) is 1. The zero-order chi connectivity index (χ0) is 8.65. The van der Waals surface area contributed by atoms with Gasteiger partial charge in [-0.05, 0) is 0 Å². The van der Waals surface area contributed by atoms with Crippen LogP contribution in [-0.2, 0) is 13.2 Å². The normalized spacial score (nSPS) is 12.0. The molecule has 0 fully saturated rings. The summed E-state index contributed by atoms with van der Waals surface area (Å²) in [6.07, 6.45) is -4.38. The number of halogens is 3. The van der Waals surface area contributed by atoms with Gasteiger partial charge in [0.15, 0.2) is 0 Å². The maximum Gasteiger partial charge on any atom is 0.432 e. The minimum atomic E-state index is -4.38. The number of aromatic nitrogens is 1. The number of alkyl halides is 3. The lowest BCUT2D eigenvalue weighted by Crippen LogP contribution is -2.19. The van der Waals surface area contributed by atoms with E-state index in [4.69, 9.17) is 5.41 Å². The molecule has 1 rings (SSSR count). The Labute approximate surface area is 64.4 Å². The molecule has 11 heavy (non-hydrogen) atoms. The molecular weight excluding hydrogens is 177 g/mol. The lowest BCUT2D eigenvalue weighted by atomic mass is 10.5. The Morgan fingerprint density at radius 2 is 2.09 bits per heavy atom. The van der Waals surface area contributed by atoms with Crippen LogP contribution in [0.3, 0.4) is 0 Å². The predicted molar refractivity (Wildman–Crippen MR) is 33.6 cm³/mol. The van der Waals surface area contributed by atoms with E-state index in [1.165, 1.54) is 0 Å². The molecule has 0 amide bonds. The zero-order valence-corrected chi connectivity index (χ0v) is 6.33. The summed E-state index contributed by atoms with van der Waals surface area (Å²) in [7, 11) is 1.16. The van der Waals surface area contributed by atoms with Gasteiger partial charge in [-0.3, -0.25) is 0 Å². The van der Waals surface area contributed by atoms with E-state index in [9.17, 15) is 13.2 Å². The van der Waals surface area contributed by atoms with E-state index in [1.807, 2.05) is 0 Å². The summed E-state index contributed by atoms with van der Waals surface area (Å²) in [6, 6.07) is 0. The Balaban J connectivity index is 3.26. The Kier molecular flexibility index (Phi) is 1.79. The molecule has 2 nitrogen and oxygen atoms in total. The first-order valence-corrected chi connectivity index (χ1v) is 3.54. The Morgan fingerprint density at radius 1 is 1.55 bits per heavy atom. The van der Waals surface area contributed by atoms with Gasteiger partial charge in [0.1, 0.15) is 5.69 Å². The highest BCUT2D eigenvalue weighted by atomic mass is 32.1. The van der Waals surface area contributed by atoms with Gasteiger partial charge >= 0.3 is 6.18 Å². The predicted octanol–water partition coefficient (Wildman–Crippen LogP) is 0.806. The molecule has 1 aromatic rings. The number of hydrogen-bond donors (Lipinski definition) is 0. The second-order valence-electron chi connectivity index (χ2n) is 1.96. The molecule has 0 bridgehead atoms. The fourth-order valence-corrected chi connectivity index (χ4v) is 1.39. The van der Waals surface area contributed by atoms with Crippen LogP contribution in [0, 0.1) is 0 Å². The van der Waals surface area contributed by atoms with Gasteiger partial charge in [0, 0.05) is 12.4 Å². The van der Waals surface area contributed by atoms with Gasteiger partial charge in [-0.25, -0.2) is 0 Å². The second kappa shape index (κ2) is 2.37. The molecule has 6 heteroatoms. The Bertz CT molecular complexity index is 308. The molecule has 0 spiro atoms. The van der Waals surface area contributed by atoms with Crippen molar-refractivity contribution in [2.45, 2.75) is 6.18 Å². The Morgan fingerprint density at radius 3 is 2.27 bits per heavy atom. The van der Waals surface area contributed by atoms with Crippen LogP contribution in [0.5, 0.6) is 0 Å². The van der Waals surface area contributed by atoms with Gasteiger partial charge in [-0.15, -0.1) is 16.7 Å². The largest absolute Gasteiger partial charge is 0.432 e. The van der Waals surface area contributed by atoms with E-state index in [0.29, 0.717) is 15.9 Å². The monoisotopic (exact) mass is 181 g/mol. The van der Waals surface area contributed by atoms with E-state index in [0.717, 1.165) is 12.4 Å². The zero-order valence-electron chi connectivity index (χ0n) is 5.51. The molecule has 0 saturated heterocycles. The first-order valence-electron chi connectivity index (χ1n) is 2.66. The molecule has 0 saturated carbocycles. The van der Waals surface area contributed by atoms with Crippen LogP contribution in [-0.4, -0.2) is 4.57 Å². The standard InChI is InChI=1S/C5H4F3N2S/c1-10-3(5(6,7)8)2-11-4(10)9/h2H,1H3. The van der Waals surface area contributed by atoms with Gasteiger partial charge < -0.3 is 4.57 Å². The Hall–Kier alpha value is -0.780. The summed E-state index contributed by atoms with van der Waals surface area (Å²) in [5.74, 6) is 0. The van der Waals surface area contributed by atoms with Crippen molar-refractivity contribution in [2.24, 2.45) is 7.05 Å². The number of thiazole rings is 1. The average molecular weight is 181 g/mol. The van der Waals surface area contributed by atoms with E-state index in [-0.39, 0.29) is 4.80 Å². The van der Waals surface area contributed by atoms with E-state index < -0.39 is 11.9 Å². The summed E-state index contributed by atoms with van der Waals surface area (Å²) in [5.41, 5.74) is -0.833. The molecule has 0 atom stereocenters. The average Bonchev–Trinajstić information content (AvgIpc) is 2.11. The van der Waals surface area contributed by atoms with Crippen molar-refractivity contribution < 1.29 is 13.2 Å². The highest BCUT2D eigenvalue weighted by Gasteiger charge is 2.33. The first-order chi connectivity index (χ1) is 4.93. The lowest BCUT2D eigenvalue weighted by Gasteiger charge is -2.05. The van der Waals surface area contributed by atoms with Gasteiger partial charge in [0.2, 0.25) is 4.80 Å². The van der Waals surface area contributed by atoms with Crippen LogP contribution < -0.4 is 10.2 Å². The number of rotatable bonds is 0. The molecule has 0 aliphatic heterocycles. The van der Waals surface area contributed by atoms with Crippen molar-refractivity contribution in [3.63, 3.8) is 0 Å². The summed E-state index contributed by atoms with van der Waals surface area (Å²) < 4.78 is 36.5. The second-order valence-corrected chi connectivity index (χ2v) is 2.80. The van der Waals surface area contributed by atoms with Crippen LogP contribution >= 0.6 is 11.3 Å². The minimum Gasteiger partial charge on any atom is -0.315 e. The summed E-state index contributed by atoms with van der Waals surface area (Å²) in [6.45, 7) is 0. The smallest absolute Gasteiger partial charge is 0.315 e. The highest BCUT2D eigenvalue weighted by Crippen LogP contribution is 2.28. The molecule has 0 aromatic carbocycles. The van der Waals surface area contributed by atoms with Crippen molar-refractivity contribution in [2.75, 3.05) is 0 Å². The van der Waals surface area contributed by atoms with Crippen LogP contribution in [0.1, 0.15) is 5.69 Å². The molecule has 61 valence electrons. The number of nitrogens with zero attached hydrogens (tertiary/aromatic N) is 2. The maximum absolute atomic E-state index is 11.9. The minimum absolute atomic E-state index is 0.350. The third-order valence-electron chi connectivity index (χ3n) is 1.21. The third kappa shape index (κ3) is 1.45. The van der Waals surface area contributed by atoms with Gasteiger partial charge in [0.05, 0.1) is 0 Å². The molecule has 1 radical (unpaired) electrons. The lowest BCUT2D eigenvalue weighted by molar-refractivity contribution is -0.143. The van der Waals surface area contributed by atoms with E-state index in [1.54, 1.807) is 0 Å². The molecule has 0 aliphatic carbocycles. The molecule has 0 aliphatic rings. The quantitative estimate of drug-likeness (QED) is 0.566. The molecule has 1 heterocycles. The van der Waals surface area contributed by atoms with E-state index in [2.05, 4.69) is 0 Å². The first kappa shape index (κ1) is 8.32. The van der Waals surface area contributed by atoms with Crippen LogP contribution in [0.15, 0.2) is 5.38 Å². The maximum atomic E-state index is 11.9. The summed E-state index contributed by atoms with van der Waals surface area (Å²) >= 11 is 0.656. The van der Waals surface area contributed by atoms with Crippen LogP contribution in [0.2, 0.25) is 0 Å². The molecule has 1 aromatic heterocycles. The van der Waals surface area contributed by atoms with Crippen LogP contribution in [0.25, 0.3) is 0 Å². The molecule has 0 N–H and O–H groups in total. The molecular formula is C5H4F3N2S. The fourth-order valence-electron chi connectivity index (χ4n) is 0.627. The van der Waals surface area contributed by atoms with Crippen molar-refractivity contribution in [3.8, 4) is 0 Å². The van der Waals surface area contributed by atoms with Crippen molar-refractivity contribution >= 4 is 11.3 Å². The van der Waals surface area contributed by atoms with E-state index >= 15 is 0 Å². The topological polar surface area (TPSA) is 27.2 Å². The van der Waals surface area contributed by atoms with Gasteiger partial charge in [-0.1, -0.05) is 0 Å². The molecule has 0 unspecified atom stereocenters. The third-order valence-corrected chi connectivity index (χ3v) is 2.04. The van der Waals surface area contributed by atoms with Gasteiger partial charge in [0.25, 0.3) is 0 Å².